The lowest BCUT2D eigenvalue weighted by Crippen LogP contribution is -2.45. The Bertz CT molecular complexity index is 827. The van der Waals surface area contributed by atoms with Gasteiger partial charge >= 0.3 is 5.97 Å². The summed E-state index contributed by atoms with van der Waals surface area (Å²) in [6.07, 6.45) is 10.2. The fourth-order valence-electron chi connectivity index (χ4n) is 4.54. The monoisotopic (exact) mass is 515 g/mol. The lowest BCUT2D eigenvalue weighted by molar-refractivity contribution is -0.150. The van der Waals surface area contributed by atoms with Gasteiger partial charge in [0.1, 0.15) is 6.33 Å². The summed E-state index contributed by atoms with van der Waals surface area (Å²) in [5.74, 6) is 0.979. The van der Waals surface area contributed by atoms with Crippen molar-refractivity contribution in [1.29, 1.82) is 0 Å². The van der Waals surface area contributed by atoms with Crippen LogP contribution in [0, 0.1) is 11.3 Å². The molecule has 0 unspecified atom stereocenters. The average molecular weight is 515 g/mol. The van der Waals surface area contributed by atoms with E-state index < -0.39 is 0 Å². The van der Waals surface area contributed by atoms with Crippen molar-refractivity contribution in [3.05, 3.63) is 18.6 Å². The second kappa shape index (κ2) is 8.74. The number of piperidine rings is 1. The van der Waals surface area contributed by atoms with Crippen LogP contribution in [-0.2, 0) is 9.53 Å². The van der Waals surface area contributed by atoms with Gasteiger partial charge in [-0.1, -0.05) is 0 Å². The second-order valence-electron chi connectivity index (χ2n) is 7.80. The summed E-state index contributed by atoms with van der Waals surface area (Å²) >= 11 is 2.26. The molecule has 0 amide bonds. The van der Waals surface area contributed by atoms with E-state index in [0.29, 0.717) is 12.0 Å². The molecule has 2 aromatic heterocycles. The zero-order valence-corrected chi connectivity index (χ0v) is 19.0. The Morgan fingerprint density at radius 1 is 1.32 bits per heavy atom. The van der Waals surface area contributed by atoms with Crippen LogP contribution < -0.4 is 5.43 Å². The molecule has 1 N–H and O–H groups in total. The minimum Gasteiger partial charge on any atom is -0.466 e. The molecule has 1 spiro atoms. The summed E-state index contributed by atoms with van der Waals surface area (Å²) < 4.78 is 7.25. The quantitative estimate of drug-likeness (QED) is 0.467. The Morgan fingerprint density at radius 3 is 2.75 bits per heavy atom. The SMILES string of the molecule is CCOC(=O)C1CCC2(CC1)CCN(Nc1ncnc3c1ccn3SI)CC2. The summed E-state index contributed by atoms with van der Waals surface area (Å²) in [4.78, 5) is 20.9. The van der Waals surface area contributed by atoms with Crippen molar-refractivity contribution in [2.24, 2.45) is 11.3 Å². The fourth-order valence-corrected chi connectivity index (χ4v) is 5.81. The number of carbonyl (C=O) groups excluding carboxylic acids is 1. The third-order valence-electron chi connectivity index (χ3n) is 6.28. The van der Waals surface area contributed by atoms with E-state index in [1.165, 1.54) is 0 Å². The van der Waals surface area contributed by atoms with Gasteiger partial charge in [0.15, 0.2) is 11.5 Å². The molecule has 2 fully saturated rings. The van der Waals surface area contributed by atoms with Gasteiger partial charge in [0, 0.05) is 49.6 Å². The topological polar surface area (TPSA) is 72.3 Å². The number of nitrogens with zero attached hydrogens (tertiary/aromatic N) is 4. The molecule has 1 aliphatic heterocycles. The van der Waals surface area contributed by atoms with E-state index in [-0.39, 0.29) is 11.9 Å². The third-order valence-corrected chi connectivity index (χ3v) is 7.99. The third kappa shape index (κ3) is 4.11. The van der Waals surface area contributed by atoms with Gasteiger partial charge in [0.2, 0.25) is 0 Å². The summed E-state index contributed by atoms with van der Waals surface area (Å²) in [5, 5.41) is 3.32. The molecule has 9 heteroatoms. The number of hydrogen-bond donors (Lipinski definition) is 1. The molecule has 0 atom stereocenters. The Labute approximate surface area is 181 Å². The lowest BCUT2D eigenvalue weighted by Gasteiger charge is -2.45. The van der Waals surface area contributed by atoms with Crippen LogP contribution in [0.5, 0.6) is 0 Å². The fraction of sp³-hybridized carbons (Fsp3) is 0.632. The highest BCUT2D eigenvalue weighted by Gasteiger charge is 2.40. The first-order valence-electron chi connectivity index (χ1n) is 9.93. The molecule has 0 radical (unpaired) electrons. The van der Waals surface area contributed by atoms with Crippen LogP contribution in [0.15, 0.2) is 18.6 Å². The molecule has 2 aromatic rings. The van der Waals surface area contributed by atoms with Crippen LogP contribution in [-0.4, -0.2) is 44.6 Å². The van der Waals surface area contributed by atoms with Crippen LogP contribution in [0.3, 0.4) is 0 Å². The van der Waals surface area contributed by atoms with E-state index in [2.05, 4.69) is 47.7 Å². The van der Waals surface area contributed by atoms with Gasteiger partial charge in [-0.05, 0) is 56.9 Å². The number of rotatable bonds is 5. The Kier molecular flexibility index (Phi) is 6.31. The highest BCUT2D eigenvalue weighted by atomic mass is 127. The molecule has 0 aromatic carbocycles. The van der Waals surface area contributed by atoms with Gasteiger partial charge in [-0.2, -0.15) is 0 Å². The maximum Gasteiger partial charge on any atom is 0.308 e. The maximum atomic E-state index is 12.0. The maximum absolute atomic E-state index is 12.0. The van der Waals surface area contributed by atoms with E-state index in [0.717, 1.165) is 68.5 Å². The molecule has 1 saturated heterocycles. The molecule has 2 aliphatic rings. The molecular formula is C19H26IN5O2S. The lowest BCUT2D eigenvalue weighted by atomic mass is 9.65. The zero-order valence-electron chi connectivity index (χ0n) is 16.1. The standard InChI is InChI=1S/C19H26IN5O2S/c1-2-27-18(26)14-3-6-19(7-4-14)8-11-24(12-9-19)23-16-15-5-10-25(28-20)17(15)22-13-21-16/h5,10,13-14H,2-4,6-9,11-12H2,1H3,(H,21,22,23). The summed E-state index contributed by atoms with van der Waals surface area (Å²) in [6.45, 7) is 4.36. The van der Waals surface area contributed by atoms with Gasteiger partial charge in [-0.3, -0.25) is 8.77 Å². The Hall–Kier alpha value is -1.07. The van der Waals surface area contributed by atoms with Crippen molar-refractivity contribution < 1.29 is 9.53 Å². The van der Waals surface area contributed by atoms with Crippen LogP contribution >= 0.6 is 30.3 Å². The molecule has 0 bridgehead atoms. The average Bonchev–Trinajstić information content (AvgIpc) is 3.15. The minimum absolute atomic E-state index is 0.000773. The number of anilines is 1. The number of aromatic nitrogens is 3. The number of halogens is 1. The number of fused-ring (bicyclic) bond motifs is 1. The normalized spacial score (nSPS) is 20.5. The van der Waals surface area contributed by atoms with Gasteiger partial charge in [0.25, 0.3) is 0 Å². The van der Waals surface area contributed by atoms with E-state index >= 15 is 0 Å². The second-order valence-corrected chi connectivity index (χ2v) is 9.51. The van der Waals surface area contributed by atoms with E-state index in [4.69, 9.17) is 4.74 Å². The molecule has 28 heavy (non-hydrogen) atoms. The number of ether oxygens (including phenoxy) is 1. The van der Waals surface area contributed by atoms with Crippen molar-refractivity contribution in [2.75, 3.05) is 25.1 Å². The van der Waals surface area contributed by atoms with Gasteiger partial charge in [0.05, 0.1) is 17.9 Å². The van der Waals surface area contributed by atoms with Gasteiger partial charge in [-0.15, -0.1) is 0 Å². The number of carbonyl (C=O) groups is 1. The Morgan fingerprint density at radius 2 is 2.07 bits per heavy atom. The Balaban J connectivity index is 1.34. The summed E-state index contributed by atoms with van der Waals surface area (Å²) in [6, 6.07) is 2.06. The first-order valence-corrected chi connectivity index (χ1v) is 13.2. The molecule has 7 nitrogen and oxygen atoms in total. The number of hydrogen-bond acceptors (Lipinski definition) is 7. The molecule has 1 saturated carbocycles. The van der Waals surface area contributed by atoms with Crippen LogP contribution in [0.4, 0.5) is 5.82 Å². The van der Waals surface area contributed by atoms with E-state index in [1.54, 1.807) is 15.4 Å². The van der Waals surface area contributed by atoms with Crippen molar-refractivity contribution >= 4 is 53.1 Å². The molecule has 3 heterocycles. The first kappa shape index (κ1) is 20.2. The van der Waals surface area contributed by atoms with Crippen LogP contribution in [0.1, 0.15) is 45.4 Å². The number of nitrogens with one attached hydrogen (secondary N) is 1. The minimum atomic E-state index is 0.000773. The number of esters is 1. The van der Waals surface area contributed by atoms with Gasteiger partial charge < -0.3 is 10.2 Å². The molecule has 1 aliphatic carbocycles. The van der Waals surface area contributed by atoms with Crippen molar-refractivity contribution in [2.45, 2.75) is 45.4 Å². The molecule has 4 rings (SSSR count). The highest BCUT2D eigenvalue weighted by molar-refractivity contribution is 14.2. The van der Waals surface area contributed by atoms with Gasteiger partial charge in [-0.25, -0.2) is 15.0 Å². The molecular weight excluding hydrogens is 489 g/mol. The van der Waals surface area contributed by atoms with Crippen molar-refractivity contribution in [3.63, 3.8) is 0 Å². The van der Waals surface area contributed by atoms with E-state index in [9.17, 15) is 4.79 Å². The van der Waals surface area contributed by atoms with Crippen molar-refractivity contribution in [3.8, 4) is 0 Å². The predicted molar refractivity (Wildman–Crippen MR) is 120 cm³/mol. The smallest absolute Gasteiger partial charge is 0.308 e. The van der Waals surface area contributed by atoms with Crippen molar-refractivity contribution in [1.82, 2.24) is 18.9 Å². The van der Waals surface area contributed by atoms with Crippen LogP contribution in [0.25, 0.3) is 11.0 Å². The largest absolute Gasteiger partial charge is 0.466 e. The number of hydrazine groups is 1. The van der Waals surface area contributed by atoms with E-state index in [1.807, 2.05) is 17.1 Å². The summed E-state index contributed by atoms with van der Waals surface area (Å²) in [5.41, 5.74) is 4.84. The van der Waals surface area contributed by atoms with Crippen LogP contribution in [0.2, 0.25) is 0 Å². The highest BCUT2D eigenvalue weighted by Crippen LogP contribution is 2.46. The first-order chi connectivity index (χ1) is 13.6. The zero-order chi connectivity index (χ0) is 19.6. The molecule has 152 valence electrons. The summed E-state index contributed by atoms with van der Waals surface area (Å²) in [7, 11) is 1.60. The predicted octanol–water partition coefficient (Wildman–Crippen LogP) is 4.44.